The molecule has 1 aromatic carbocycles. The highest BCUT2D eigenvalue weighted by Crippen LogP contribution is 2.28. The summed E-state index contributed by atoms with van der Waals surface area (Å²) >= 11 is 0. The van der Waals surface area contributed by atoms with Crippen molar-refractivity contribution in [2.45, 2.75) is 54.4 Å². The van der Waals surface area contributed by atoms with Crippen LogP contribution in [0.2, 0.25) is 0 Å². The number of allylic oxidation sites excluding steroid dienone is 6. The molecule has 1 heteroatoms. The summed E-state index contributed by atoms with van der Waals surface area (Å²) < 4.78 is 0. The molecule has 28 heavy (non-hydrogen) atoms. The normalized spacial score (nSPS) is 13.4. The van der Waals surface area contributed by atoms with Crippen LogP contribution in [0.5, 0.6) is 0 Å². The molecule has 2 aromatic rings. The number of benzene rings is 1. The van der Waals surface area contributed by atoms with Crippen LogP contribution in [0.25, 0.3) is 11.6 Å². The molecular formula is C27H33N. The highest BCUT2D eigenvalue weighted by molar-refractivity contribution is 5.76. The van der Waals surface area contributed by atoms with Gasteiger partial charge in [0.05, 0.1) is 11.4 Å². The smallest absolute Gasteiger partial charge is 0.0708 e. The molecule has 0 atom stereocenters. The van der Waals surface area contributed by atoms with Crippen molar-refractivity contribution in [1.29, 1.82) is 0 Å². The van der Waals surface area contributed by atoms with Gasteiger partial charge in [0.15, 0.2) is 0 Å². The van der Waals surface area contributed by atoms with Crippen LogP contribution < -0.4 is 0 Å². The van der Waals surface area contributed by atoms with Gasteiger partial charge in [-0.2, -0.15) is 0 Å². The number of aryl methyl sites for hydroxylation is 3. The van der Waals surface area contributed by atoms with Crippen LogP contribution in [0.15, 0.2) is 66.3 Å². The van der Waals surface area contributed by atoms with Gasteiger partial charge in [0.1, 0.15) is 0 Å². The molecule has 146 valence electrons. The van der Waals surface area contributed by atoms with Crippen LogP contribution in [0, 0.1) is 27.7 Å². The lowest BCUT2D eigenvalue weighted by Crippen LogP contribution is -1.94. The molecular weight excluding hydrogens is 338 g/mol. The molecule has 1 nitrogen and oxygen atoms in total. The molecule has 0 bridgehead atoms. The number of rotatable bonds is 3. The molecule has 3 rings (SSSR count). The average molecular weight is 372 g/mol. The second-order valence-electron chi connectivity index (χ2n) is 7.60. The van der Waals surface area contributed by atoms with Gasteiger partial charge in [0.25, 0.3) is 0 Å². The summed E-state index contributed by atoms with van der Waals surface area (Å²) in [6, 6.07) is 10.5. The number of hydrogen-bond acceptors (Lipinski definition) is 1. The van der Waals surface area contributed by atoms with E-state index in [0.717, 1.165) is 24.2 Å². The fourth-order valence-corrected chi connectivity index (χ4v) is 3.47. The van der Waals surface area contributed by atoms with Crippen molar-refractivity contribution in [2.75, 3.05) is 0 Å². The van der Waals surface area contributed by atoms with E-state index in [1.807, 2.05) is 12.1 Å². The van der Waals surface area contributed by atoms with Crippen LogP contribution in [-0.4, -0.2) is 4.98 Å². The van der Waals surface area contributed by atoms with Crippen molar-refractivity contribution < 1.29 is 0 Å². The molecule has 0 fully saturated rings. The van der Waals surface area contributed by atoms with Gasteiger partial charge in [-0.3, -0.25) is 0 Å². The third-order valence-corrected chi connectivity index (χ3v) is 5.27. The van der Waals surface area contributed by atoms with Gasteiger partial charge < -0.3 is 0 Å². The zero-order valence-electron chi connectivity index (χ0n) is 18.3. The minimum absolute atomic E-state index is 0.929. The second kappa shape index (κ2) is 10.0. The maximum absolute atomic E-state index is 4.63. The maximum Gasteiger partial charge on any atom is 0.0708 e. The standard InChI is InChI=1S/C17H19N.C10H14/c1-4-14-12-13(3)8-6-10-16(14)17-11-7-9-15(5-2)18-17;1-7-5-8(2)10(4)9(3)6-7/h5-11H,2,4,12H2,1,3H3;5-6H,1-4H3. The van der Waals surface area contributed by atoms with E-state index in [1.165, 1.54) is 39.0 Å². The fourth-order valence-electron chi connectivity index (χ4n) is 3.47. The Kier molecular flexibility index (Phi) is 7.75. The van der Waals surface area contributed by atoms with Crippen molar-refractivity contribution in [3.05, 3.63) is 99.9 Å². The van der Waals surface area contributed by atoms with Crippen molar-refractivity contribution in [3.63, 3.8) is 0 Å². The van der Waals surface area contributed by atoms with E-state index in [4.69, 9.17) is 0 Å². The van der Waals surface area contributed by atoms with Crippen LogP contribution in [-0.2, 0) is 0 Å². The zero-order valence-corrected chi connectivity index (χ0v) is 18.3. The number of hydrogen-bond donors (Lipinski definition) is 0. The van der Waals surface area contributed by atoms with E-state index < -0.39 is 0 Å². The van der Waals surface area contributed by atoms with Gasteiger partial charge in [0.2, 0.25) is 0 Å². The zero-order chi connectivity index (χ0) is 20.7. The van der Waals surface area contributed by atoms with Crippen molar-refractivity contribution >= 4 is 11.6 Å². The molecule has 0 spiro atoms. The Bertz CT molecular complexity index is 915. The maximum atomic E-state index is 4.63. The summed E-state index contributed by atoms with van der Waals surface area (Å²) in [7, 11) is 0. The van der Waals surface area contributed by atoms with Gasteiger partial charge in [-0.1, -0.05) is 66.6 Å². The lowest BCUT2D eigenvalue weighted by atomic mass is 9.97. The van der Waals surface area contributed by atoms with Gasteiger partial charge in [0, 0.05) is 0 Å². The Labute approximate surface area is 171 Å². The molecule has 0 radical (unpaired) electrons. The van der Waals surface area contributed by atoms with Gasteiger partial charge >= 0.3 is 0 Å². The first-order valence-electron chi connectivity index (χ1n) is 10.1. The van der Waals surface area contributed by atoms with Crippen molar-refractivity contribution in [1.82, 2.24) is 4.98 Å². The quantitative estimate of drug-likeness (QED) is 0.538. The molecule has 0 unspecified atom stereocenters. The van der Waals surface area contributed by atoms with Crippen LogP contribution in [0.1, 0.15) is 60.3 Å². The molecule has 1 aromatic heterocycles. The molecule has 1 aliphatic carbocycles. The summed E-state index contributed by atoms with van der Waals surface area (Å²) in [4.78, 5) is 4.63. The van der Waals surface area contributed by atoms with E-state index >= 15 is 0 Å². The number of aromatic nitrogens is 1. The lowest BCUT2D eigenvalue weighted by molar-refractivity contribution is 0.995. The van der Waals surface area contributed by atoms with Crippen molar-refractivity contribution in [2.24, 2.45) is 0 Å². The first-order valence-corrected chi connectivity index (χ1v) is 10.1. The summed E-state index contributed by atoms with van der Waals surface area (Å²) in [5.41, 5.74) is 11.7. The van der Waals surface area contributed by atoms with Crippen LogP contribution in [0.3, 0.4) is 0 Å². The molecule has 0 saturated heterocycles. The molecule has 0 N–H and O–H groups in total. The first-order chi connectivity index (χ1) is 13.3. The Hall–Kier alpha value is -2.67. The monoisotopic (exact) mass is 371 g/mol. The average Bonchev–Trinajstić information content (AvgIpc) is 2.87. The van der Waals surface area contributed by atoms with E-state index in [0.29, 0.717) is 0 Å². The minimum Gasteiger partial charge on any atom is -0.248 e. The number of nitrogens with zero attached hydrogens (tertiary/aromatic N) is 1. The first kappa shape index (κ1) is 21.6. The topological polar surface area (TPSA) is 12.9 Å². The third kappa shape index (κ3) is 5.66. The van der Waals surface area contributed by atoms with E-state index in [2.05, 4.69) is 89.5 Å². The fraction of sp³-hybridized carbons (Fsp3) is 0.296. The third-order valence-electron chi connectivity index (χ3n) is 5.27. The van der Waals surface area contributed by atoms with E-state index in [-0.39, 0.29) is 0 Å². The molecule has 1 aliphatic rings. The summed E-state index contributed by atoms with van der Waals surface area (Å²) in [6.45, 7) is 16.8. The molecule has 0 aliphatic heterocycles. The van der Waals surface area contributed by atoms with Gasteiger partial charge in [-0.25, -0.2) is 4.98 Å². The lowest BCUT2D eigenvalue weighted by Gasteiger charge is -2.10. The summed E-state index contributed by atoms with van der Waals surface area (Å²) in [6.07, 6.45) is 10.4. The Morgan fingerprint density at radius 3 is 2.32 bits per heavy atom. The van der Waals surface area contributed by atoms with E-state index in [9.17, 15) is 0 Å². The summed E-state index contributed by atoms with van der Waals surface area (Å²) in [5.74, 6) is 0. The van der Waals surface area contributed by atoms with E-state index in [1.54, 1.807) is 6.08 Å². The highest BCUT2D eigenvalue weighted by Gasteiger charge is 2.09. The molecule has 0 amide bonds. The predicted molar refractivity (Wildman–Crippen MR) is 124 cm³/mol. The molecule has 1 heterocycles. The Morgan fingerprint density at radius 1 is 1.04 bits per heavy atom. The van der Waals surface area contributed by atoms with Crippen LogP contribution in [0.4, 0.5) is 0 Å². The molecule has 0 saturated carbocycles. The minimum atomic E-state index is 0.929. The predicted octanol–water partition coefficient (Wildman–Crippen LogP) is 7.71. The highest BCUT2D eigenvalue weighted by atomic mass is 14.7. The van der Waals surface area contributed by atoms with Crippen molar-refractivity contribution in [3.8, 4) is 0 Å². The number of pyridine rings is 1. The second-order valence-corrected chi connectivity index (χ2v) is 7.60. The Morgan fingerprint density at radius 2 is 1.71 bits per heavy atom. The van der Waals surface area contributed by atoms with Gasteiger partial charge in [-0.05, 0) is 87.9 Å². The van der Waals surface area contributed by atoms with Gasteiger partial charge in [-0.15, -0.1) is 0 Å². The SMILES string of the molecule is C=Cc1cccc(C2=C(CC)CC(C)=CC=C2)n1.Cc1cc(C)c(C)c(C)c1. The largest absolute Gasteiger partial charge is 0.248 e. The Balaban J connectivity index is 0.000000237. The van der Waals surface area contributed by atoms with Crippen LogP contribution >= 0.6 is 0 Å². The summed E-state index contributed by atoms with van der Waals surface area (Å²) in [5, 5.41) is 0.